The third kappa shape index (κ3) is 5.14. The van der Waals surface area contributed by atoms with E-state index in [2.05, 4.69) is 5.32 Å². The number of nitriles is 1. The van der Waals surface area contributed by atoms with Gasteiger partial charge >= 0.3 is 0 Å². The quantitative estimate of drug-likeness (QED) is 0.335. The van der Waals surface area contributed by atoms with E-state index in [-0.39, 0.29) is 20.5 Å². The fourth-order valence-corrected chi connectivity index (χ4v) is 4.84. The van der Waals surface area contributed by atoms with E-state index in [9.17, 15) is 25.0 Å². The van der Waals surface area contributed by atoms with Crippen molar-refractivity contribution in [1.82, 2.24) is 4.57 Å². The van der Waals surface area contributed by atoms with Gasteiger partial charge in [-0.15, -0.1) is 11.3 Å². The third-order valence-corrected chi connectivity index (χ3v) is 6.36. The summed E-state index contributed by atoms with van der Waals surface area (Å²) in [6.45, 7) is 3.81. The SMILES string of the molecule is Cc1cc(C)cc(NC(=O)/C(C#N)=c2\s/c(=C/c3ccc([N+](=O)[O-])cc3)c(=O)n2-c2ccccc2)c1. The molecule has 8 nitrogen and oxygen atoms in total. The number of benzene rings is 3. The van der Waals surface area contributed by atoms with Gasteiger partial charge in [0, 0.05) is 17.8 Å². The van der Waals surface area contributed by atoms with Crippen molar-refractivity contribution < 1.29 is 9.72 Å². The monoisotopic (exact) mass is 496 g/mol. The number of carbonyl (C=O) groups excluding carboxylic acids is 1. The zero-order chi connectivity index (χ0) is 25.8. The second-order valence-electron chi connectivity index (χ2n) is 8.06. The molecule has 36 heavy (non-hydrogen) atoms. The first-order chi connectivity index (χ1) is 17.3. The van der Waals surface area contributed by atoms with Crippen LogP contribution in [0.4, 0.5) is 11.4 Å². The first kappa shape index (κ1) is 24.3. The Kier molecular flexibility index (Phi) is 6.90. The molecule has 178 valence electrons. The minimum atomic E-state index is -0.629. The van der Waals surface area contributed by atoms with Crippen molar-refractivity contribution in [2.24, 2.45) is 0 Å². The molecule has 4 rings (SSSR count). The summed E-state index contributed by atoms with van der Waals surface area (Å²) in [6, 6.07) is 22.0. The van der Waals surface area contributed by atoms with Crippen LogP contribution >= 0.6 is 11.3 Å². The van der Waals surface area contributed by atoms with Crippen molar-refractivity contribution in [1.29, 1.82) is 5.26 Å². The summed E-state index contributed by atoms with van der Waals surface area (Å²) in [5.41, 5.74) is 2.86. The normalized spacial score (nSPS) is 12.1. The Hall–Kier alpha value is -4.81. The van der Waals surface area contributed by atoms with Gasteiger partial charge in [0.15, 0.2) is 5.57 Å². The molecule has 0 saturated carbocycles. The lowest BCUT2D eigenvalue weighted by molar-refractivity contribution is -0.384. The third-order valence-electron chi connectivity index (χ3n) is 5.27. The molecular formula is C27H20N4O4S. The second-order valence-corrected chi connectivity index (χ2v) is 9.09. The molecule has 0 fully saturated rings. The van der Waals surface area contributed by atoms with Crippen LogP contribution in [0.5, 0.6) is 0 Å². The van der Waals surface area contributed by atoms with Crippen molar-refractivity contribution in [3.63, 3.8) is 0 Å². The van der Waals surface area contributed by atoms with Gasteiger partial charge in [-0.1, -0.05) is 24.3 Å². The Morgan fingerprint density at radius 1 is 1.06 bits per heavy atom. The Balaban J connectivity index is 1.92. The molecule has 3 aromatic carbocycles. The predicted molar refractivity (Wildman–Crippen MR) is 139 cm³/mol. The van der Waals surface area contributed by atoms with Gasteiger partial charge in [-0.2, -0.15) is 5.26 Å². The van der Waals surface area contributed by atoms with E-state index < -0.39 is 16.4 Å². The number of aryl methyl sites for hydroxylation is 2. The highest BCUT2D eigenvalue weighted by atomic mass is 32.1. The number of hydrogen-bond acceptors (Lipinski definition) is 6. The lowest BCUT2D eigenvalue weighted by Gasteiger charge is -2.07. The number of nitro benzene ring substituents is 1. The molecule has 0 unspecified atom stereocenters. The van der Waals surface area contributed by atoms with E-state index in [1.807, 2.05) is 26.0 Å². The van der Waals surface area contributed by atoms with Crippen LogP contribution < -0.4 is 20.1 Å². The zero-order valence-corrected chi connectivity index (χ0v) is 20.2. The van der Waals surface area contributed by atoms with Crippen molar-refractivity contribution >= 4 is 40.3 Å². The van der Waals surface area contributed by atoms with Gasteiger partial charge in [0.25, 0.3) is 17.2 Å². The summed E-state index contributed by atoms with van der Waals surface area (Å²) in [6.07, 6.45) is 1.58. The van der Waals surface area contributed by atoms with Crippen molar-refractivity contribution in [3.8, 4) is 11.8 Å². The smallest absolute Gasteiger partial charge is 0.273 e. The van der Waals surface area contributed by atoms with Crippen LogP contribution in [-0.2, 0) is 4.79 Å². The molecule has 1 amide bonds. The average Bonchev–Trinajstić information content (AvgIpc) is 3.15. The van der Waals surface area contributed by atoms with Gasteiger partial charge in [0.1, 0.15) is 10.7 Å². The molecule has 0 atom stereocenters. The highest BCUT2D eigenvalue weighted by Gasteiger charge is 2.17. The number of non-ortho nitro benzene ring substituents is 1. The van der Waals surface area contributed by atoms with Crippen molar-refractivity contribution in [2.45, 2.75) is 13.8 Å². The number of nitrogens with one attached hydrogen (secondary N) is 1. The van der Waals surface area contributed by atoms with Gasteiger partial charge in [-0.05, 0) is 73.0 Å². The van der Waals surface area contributed by atoms with Gasteiger partial charge in [-0.25, -0.2) is 0 Å². The van der Waals surface area contributed by atoms with Gasteiger partial charge < -0.3 is 5.32 Å². The fraction of sp³-hybridized carbons (Fsp3) is 0.0741. The number of rotatable bonds is 5. The molecule has 1 aromatic heterocycles. The molecule has 0 saturated heterocycles. The Bertz CT molecular complexity index is 1680. The number of thiazole rings is 1. The first-order valence-corrected chi connectivity index (χ1v) is 11.7. The van der Waals surface area contributed by atoms with Crippen LogP contribution in [-0.4, -0.2) is 15.4 Å². The van der Waals surface area contributed by atoms with Gasteiger partial charge in [-0.3, -0.25) is 24.3 Å². The van der Waals surface area contributed by atoms with E-state index in [1.165, 1.54) is 28.8 Å². The molecule has 1 N–H and O–H groups in total. The molecule has 1 heterocycles. The van der Waals surface area contributed by atoms with E-state index in [0.717, 1.165) is 22.5 Å². The summed E-state index contributed by atoms with van der Waals surface area (Å²) in [4.78, 5) is 37.1. The number of carbonyl (C=O) groups is 1. The molecule has 0 radical (unpaired) electrons. The maximum absolute atomic E-state index is 13.4. The molecule has 9 heteroatoms. The maximum atomic E-state index is 13.4. The molecule has 4 aromatic rings. The number of nitrogens with zero attached hydrogens (tertiary/aromatic N) is 3. The average molecular weight is 497 g/mol. The summed E-state index contributed by atoms with van der Waals surface area (Å²) in [5, 5.41) is 23.7. The van der Waals surface area contributed by atoms with Crippen LogP contribution in [0.15, 0.2) is 77.6 Å². The Morgan fingerprint density at radius 2 is 1.69 bits per heavy atom. The largest absolute Gasteiger partial charge is 0.321 e. The van der Waals surface area contributed by atoms with Crippen molar-refractivity contribution in [2.75, 3.05) is 5.32 Å². The van der Waals surface area contributed by atoms with Crippen LogP contribution in [0.3, 0.4) is 0 Å². The fourth-order valence-electron chi connectivity index (χ4n) is 3.74. The summed E-state index contributed by atoms with van der Waals surface area (Å²) >= 11 is 1.00. The lowest BCUT2D eigenvalue weighted by Crippen LogP contribution is -2.32. The molecule has 0 spiro atoms. The summed E-state index contributed by atoms with van der Waals surface area (Å²) < 4.78 is 1.79. The molecular weight excluding hydrogens is 476 g/mol. The van der Waals surface area contributed by atoms with Crippen molar-refractivity contribution in [3.05, 3.63) is 119 Å². The highest BCUT2D eigenvalue weighted by molar-refractivity contribution is 7.07. The highest BCUT2D eigenvalue weighted by Crippen LogP contribution is 2.15. The lowest BCUT2D eigenvalue weighted by atomic mass is 10.1. The van der Waals surface area contributed by atoms with E-state index >= 15 is 0 Å². The van der Waals surface area contributed by atoms with Crippen LogP contribution in [0.1, 0.15) is 16.7 Å². The summed E-state index contributed by atoms with van der Waals surface area (Å²) in [7, 11) is 0. The number of para-hydroxylation sites is 1. The number of anilines is 1. The van der Waals surface area contributed by atoms with Crippen LogP contribution in [0.2, 0.25) is 0 Å². The molecule has 0 aliphatic carbocycles. The Morgan fingerprint density at radius 3 is 2.28 bits per heavy atom. The standard InChI is InChI=1S/C27H20N4O4S/c1-17-12-18(2)14-20(13-17)29-25(32)23(16-28)27-30(21-6-4-3-5-7-21)26(33)24(36-27)15-19-8-10-22(11-9-19)31(34)35/h3-15H,1-2H3,(H,29,32)/b24-15+,27-23-. The number of hydrogen-bond donors (Lipinski definition) is 1. The van der Waals surface area contributed by atoms with Crippen LogP contribution in [0.25, 0.3) is 17.3 Å². The number of aromatic nitrogens is 1. The maximum Gasteiger partial charge on any atom is 0.273 e. The molecule has 0 bridgehead atoms. The molecule has 0 aliphatic rings. The number of amides is 1. The summed E-state index contributed by atoms with van der Waals surface area (Å²) in [5.74, 6) is -0.629. The Labute approximate surface area is 209 Å². The van der Waals surface area contributed by atoms with Gasteiger partial charge in [0.05, 0.1) is 15.1 Å². The second kappa shape index (κ2) is 10.2. The number of nitro groups is 1. The van der Waals surface area contributed by atoms with E-state index in [4.69, 9.17) is 0 Å². The zero-order valence-electron chi connectivity index (χ0n) is 19.4. The van der Waals surface area contributed by atoms with E-state index in [1.54, 1.807) is 48.5 Å². The minimum Gasteiger partial charge on any atom is -0.321 e. The first-order valence-electron chi connectivity index (χ1n) is 10.8. The van der Waals surface area contributed by atoms with Gasteiger partial charge in [0.2, 0.25) is 0 Å². The predicted octanol–water partition coefficient (Wildman–Crippen LogP) is 3.57. The minimum absolute atomic E-state index is 0.0659. The molecule has 0 aliphatic heterocycles. The van der Waals surface area contributed by atoms with E-state index in [0.29, 0.717) is 16.9 Å². The van der Waals surface area contributed by atoms with Crippen LogP contribution in [0, 0.1) is 35.3 Å². The topological polar surface area (TPSA) is 118 Å².